The first-order valence-corrected chi connectivity index (χ1v) is 8.41. The van der Waals surface area contributed by atoms with Crippen LogP contribution in [0.15, 0.2) is 30.3 Å². The Morgan fingerprint density at radius 2 is 1.87 bits per heavy atom. The van der Waals surface area contributed by atoms with E-state index in [-0.39, 0.29) is 17.4 Å². The third-order valence-electron chi connectivity index (χ3n) is 3.28. The molecule has 1 fully saturated rings. The minimum atomic E-state index is -0.588. The van der Waals surface area contributed by atoms with E-state index >= 15 is 0 Å². The van der Waals surface area contributed by atoms with Gasteiger partial charge in [-0.1, -0.05) is 42.1 Å². The van der Waals surface area contributed by atoms with Gasteiger partial charge in [-0.05, 0) is 27.2 Å². The number of amides is 1. The fourth-order valence-electron chi connectivity index (χ4n) is 2.18. The molecule has 0 bridgehead atoms. The highest BCUT2D eigenvalue weighted by Gasteiger charge is 2.33. The standard InChI is InChI=1S/C17H21NO4S/c1-17(2,3)22-16(21)18-10-9-14(13(19)11-18)23-15(20)12-7-5-4-6-8-12/h4-8,14H,9-11H2,1-3H3/t14-/m1/s1. The summed E-state index contributed by atoms with van der Waals surface area (Å²) in [7, 11) is 0. The predicted octanol–water partition coefficient (Wildman–Crippen LogP) is 3.14. The van der Waals surface area contributed by atoms with Gasteiger partial charge in [0.1, 0.15) is 5.60 Å². The molecule has 0 saturated carbocycles. The van der Waals surface area contributed by atoms with Crippen molar-refractivity contribution in [2.24, 2.45) is 0 Å². The number of nitrogens with zero attached hydrogens (tertiary/aromatic N) is 1. The number of rotatable bonds is 2. The summed E-state index contributed by atoms with van der Waals surface area (Å²) in [5, 5.41) is -0.518. The molecule has 0 N–H and O–H groups in total. The Labute approximate surface area is 140 Å². The van der Waals surface area contributed by atoms with Crippen LogP contribution >= 0.6 is 11.8 Å². The summed E-state index contributed by atoms with van der Waals surface area (Å²) < 4.78 is 5.27. The van der Waals surface area contributed by atoms with Crippen LogP contribution < -0.4 is 0 Å². The number of hydrogen-bond donors (Lipinski definition) is 0. The molecule has 0 radical (unpaired) electrons. The summed E-state index contributed by atoms with van der Waals surface area (Å²) in [6.45, 7) is 5.77. The minimum absolute atomic E-state index is 0.00531. The third kappa shape index (κ3) is 5.10. The molecular formula is C17H21NO4S. The second-order valence-corrected chi connectivity index (χ2v) is 7.59. The number of Topliss-reactive ketones (excluding diaryl/α,β-unsaturated/α-hetero) is 1. The van der Waals surface area contributed by atoms with Gasteiger partial charge in [0.25, 0.3) is 0 Å². The van der Waals surface area contributed by atoms with Crippen molar-refractivity contribution in [1.29, 1.82) is 0 Å². The SMILES string of the molecule is CC(C)(C)OC(=O)N1CC[C@@H](SC(=O)c2ccccc2)C(=O)C1. The Kier molecular flexibility index (Phi) is 5.46. The highest BCUT2D eigenvalue weighted by molar-refractivity contribution is 8.15. The van der Waals surface area contributed by atoms with Gasteiger partial charge >= 0.3 is 6.09 Å². The van der Waals surface area contributed by atoms with Crippen LogP contribution in [0.25, 0.3) is 0 Å². The average molecular weight is 335 g/mol. The zero-order valence-corrected chi connectivity index (χ0v) is 14.4. The third-order valence-corrected chi connectivity index (χ3v) is 4.51. The normalized spacial score (nSPS) is 18.7. The average Bonchev–Trinajstić information content (AvgIpc) is 2.48. The molecule has 1 saturated heterocycles. The molecule has 1 atom stereocenters. The van der Waals surface area contributed by atoms with E-state index in [1.54, 1.807) is 45.0 Å². The number of thioether (sulfide) groups is 1. The van der Waals surface area contributed by atoms with Crippen LogP contribution in [0.3, 0.4) is 0 Å². The molecule has 2 rings (SSSR count). The van der Waals surface area contributed by atoms with Gasteiger partial charge in [0, 0.05) is 12.1 Å². The highest BCUT2D eigenvalue weighted by atomic mass is 32.2. The number of carbonyl (C=O) groups is 3. The number of benzene rings is 1. The molecule has 6 heteroatoms. The maximum absolute atomic E-state index is 12.2. The number of ketones is 1. The predicted molar refractivity (Wildman–Crippen MR) is 89.6 cm³/mol. The fourth-order valence-corrected chi connectivity index (χ4v) is 3.14. The summed E-state index contributed by atoms with van der Waals surface area (Å²) >= 11 is 1.04. The summed E-state index contributed by atoms with van der Waals surface area (Å²) in [6.07, 6.45) is -0.0231. The highest BCUT2D eigenvalue weighted by Crippen LogP contribution is 2.25. The van der Waals surface area contributed by atoms with Gasteiger partial charge in [-0.2, -0.15) is 0 Å². The molecule has 1 amide bonds. The van der Waals surface area contributed by atoms with Crippen molar-refractivity contribution in [2.75, 3.05) is 13.1 Å². The first-order chi connectivity index (χ1) is 10.8. The van der Waals surface area contributed by atoms with E-state index in [0.29, 0.717) is 18.5 Å². The van der Waals surface area contributed by atoms with Gasteiger partial charge < -0.3 is 9.64 Å². The van der Waals surface area contributed by atoms with E-state index in [4.69, 9.17) is 4.74 Å². The molecule has 1 aromatic rings. The van der Waals surface area contributed by atoms with Crippen LogP contribution in [0.2, 0.25) is 0 Å². The van der Waals surface area contributed by atoms with Crippen molar-refractivity contribution in [3.05, 3.63) is 35.9 Å². The first kappa shape index (κ1) is 17.5. The van der Waals surface area contributed by atoms with Gasteiger partial charge in [-0.15, -0.1) is 0 Å². The molecule has 1 aromatic carbocycles. The first-order valence-electron chi connectivity index (χ1n) is 7.53. The zero-order chi connectivity index (χ0) is 17.0. The van der Waals surface area contributed by atoms with Gasteiger partial charge in [0.15, 0.2) is 5.78 Å². The quantitative estimate of drug-likeness (QED) is 0.831. The van der Waals surface area contributed by atoms with Crippen LogP contribution in [0.5, 0.6) is 0 Å². The maximum atomic E-state index is 12.2. The molecule has 0 aliphatic carbocycles. The van der Waals surface area contributed by atoms with E-state index in [9.17, 15) is 14.4 Å². The van der Waals surface area contributed by atoms with Crippen molar-refractivity contribution in [2.45, 2.75) is 38.0 Å². The van der Waals surface area contributed by atoms with Gasteiger partial charge in [-0.25, -0.2) is 4.79 Å². The lowest BCUT2D eigenvalue weighted by Crippen LogP contribution is -2.47. The summed E-state index contributed by atoms with van der Waals surface area (Å²) in [6, 6.07) is 8.89. The lowest BCUT2D eigenvalue weighted by molar-refractivity contribution is -0.121. The lowest BCUT2D eigenvalue weighted by Gasteiger charge is -2.32. The Hall–Kier alpha value is -1.82. The second-order valence-electron chi connectivity index (χ2n) is 6.42. The lowest BCUT2D eigenvalue weighted by atomic mass is 10.1. The second kappa shape index (κ2) is 7.17. The van der Waals surface area contributed by atoms with E-state index in [1.165, 1.54) is 4.90 Å². The zero-order valence-electron chi connectivity index (χ0n) is 13.6. The molecule has 1 heterocycles. The Morgan fingerprint density at radius 1 is 1.22 bits per heavy atom. The molecule has 0 aromatic heterocycles. The van der Waals surface area contributed by atoms with Crippen LogP contribution in [0, 0.1) is 0 Å². The molecule has 0 spiro atoms. The Balaban J connectivity index is 1.91. The molecule has 1 aliphatic heterocycles. The number of likely N-dealkylation sites (tertiary alicyclic amines) is 1. The van der Waals surface area contributed by atoms with E-state index in [1.807, 2.05) is 6.07 Å². The van der Waals surface area contributed by atoms with Crippen molar-refractivity contribution in [3.8, 4) is 0 Å². The number of hydrogen-bond acceptors (Lipinski definition) is 5. The van der Waals surface area contributed by atoms with Crippen molar-refractivity contribution in [3.63, 3.8) is 0 Å². The Morgan fingerprint density at radius 3 is 2.43 bits per heavy atom. The van der Waals surface area contributed by atoms with Crippen LogP contribution in [0.1, 0.15) is 37.6 Å². The van der Waals surface area contributed by atoms with Crippen molar-refractivity contribution in [1.82, 2.24) is 4.90 Å². The monoisotopic (exact) mass is 335 g/mol. The minimum Gasteiger partial charge on any atom is -0.444 e. The van der Waals surface area contributed by atoms with Gasteiger partial charge in [0.05, 0.1) is 11.8 Å². The molecule has 0 unspecified atom stereocenters. The van der Waals surface area contributed by atoms with Gasteiger partial charge in [-0.3, -0.25) is 9.59 Å². The molecule has 1 aliphatic rings. The number of piperidine rings is 1. The molecule has 124 valence electrons. The Bertz CT molecular complexity index is 594. The van der Waals surface area contributed by atoms with Gasteiger partial charge in [0.2, 0.25) is 5.12 Å². The maximum Gasteiger partial charge on any atom is 0.410 e. The summed E-state index contributed by atoms with van der Waals surface area (Å²) in [4.78, 5) is 37.8. The van der Waals surface area contributed by atoms with Crippen molar-refractivity contribution < 1.29 is 19.1 Å². The molecular weight excluding hydrogens is 314 g/mol. The van der Waals surface area contributed by atoms with Crippen LogP contribution in [-0.2, 0) is 9.53 Å². The largest absolute Gasteiger partial charge is 0.444 e. The van der Waals surface area contributed by atoms with Crippen LogP contribution in [0.4, 0.5) is 4.79 Å². The number of carbonyl (C=O) groups excluding carboxylic acids is 3. The number of ether oxygens (including phenoxy) is 1. The van der Waals surface area contributed by atoms with Crippen molar-refractivity contribution >= 4 is 28.8 Å². The van der Waals surface area contributed by atoms with Crippen LogP contribution in [-0.4, -0.2) is 45.8 Å². The van der Waals surface area contributed by atoms with E-state index in [2.05, 4.69) is 0 Å². The summed E-state index contributed by atoms with van der Waals surface area (Å²) in [5.41, 5.74) is -0.00507. The molecule has 5 nitrogen and oxygen atoms in total. The van der Waals surface area contributed by atoms with E-state index < -0.39 is 16.9 Å². The van der Waals surface area contributed by atoms with E-state index in [0.717, 1.165) is 11.8 Å². The fraction of sp³-hybridized carbons (Fsp3) is 0.471. The smallest absolute Gasteiger partial charge is 0.410 e. The summed E-state index contributed by atoms with van der Waals surface area (Å²) in [5.74, 6) is -0.114. The molecule has 23 heavy (non-hydrogen) atoms. The topological polar surface area (TPSA) is 63.7 Å².